The van der Waals surface area contributed by atoms with Gasteiger partial charge < -0.3 is 0 Å². The van der Waals surface area contributed by atoms with Crippen LogP contribution in [-0.4, -0.2) is 65.6 Å². The summed E-state index contributed by atoms with van der Waals surface area (Å²) in [6, 6.07) is 29.5. The molecule has 0 aromatic heterocycles. The van der Waals surface area contributed by atoms with E-state index in [1.807, 2.05) is 20.1 Å². The van der Waals surface area contributed by atoms with Gasteiger partial charge in [-0.1, -0.05) is 77.9 Å². The molecule has 0 bridgehead atoms. The average molecular weight is 636 g/mol. The van der Waals surface area contributed by atoms with Gasteiger partial charge in [0.1, 0.15) is 13.6 Å². The smallest absolute Gasteiger partial charge is 0.292 e. The summed E-state index contributed by atoms with van der Waals surface area (Å²) in [5, 5.41) is 0. The number of nitrogens with zero attached hydrogens (tertiary/aromatic N) is 2. The Balaban J connectivity index is 0.000000160. The molecular weight excluding hydrogens is 597 g/mol. The van der Waals surface area contributed by atoms with Crippen LogP contribution < -0.4 is 0 Å². The molecule has 232 valence electrons. The predicted molar refractivity (Wildman–Crippen MR) is 175 cm³/mol. The van der Waals surface area contributed by atoms with Crippen molar-refractivity contribution in [3.63, 3.8) is 0 Å². The highest BCUT2D eigenvalue weighted by atomic mass is 32.2. The Morgan fingerprint density at radius 3 is 1.73 bits per heavy atom. The summed E-state index contributed by atoms with van der Waals surface area (Å²) in [7, 11) is -4.27. The molecule has 1 N–H and O–H groups in total. The first-order valence-corrected chi connectivity index (χ1v) is 16.9. The van der Waals surface area contributed by atoms with Crippen molar-refractivity contribution < 1.29 is 30.1 Å². The monoisotopic (exact) mass is 635 g/mol. The Morgan fingerprint density at radius 1 is 0.705 bits per heavy atom. The molecule has 10 heteroatoms. The summed E-state index contributed by atoms with van der Waals surface area (Å²) in [6.45, 7) is 5.84. The van der Waals surface area contributed by atoms with Crippen LogP contribution in [-0.2, 0) is 37.3 Å². The van der Waals surface area contributed by atoms with E-state index in [9.17, 15) is 16.8 Å². The van der Waals surface area contributed by atoms with Crippen LogP contribution in [0, 0.1) is 13.8 Å². The number of aryl methyl sites for hydroxylation is 2. The Kier molecular flexibility index (Phi) is 12.7. The van der Waals surface area contributed by atoms with Crippen molar-refractivity contribution in [3.05, 3.63) is 130 Å². The van der Waals surface area contributed by atoms with Crippen LogP contribution in [0.1, 0.15) is 33.4 Å². The quantitative estimate of drug-likeness (QED) is 0.180. The van der Waals surface area contributed by atoms with E-state index in [0.29, 0.717) is 0 Å². The van der Waals surface area contributed by atoms with Gasteiger partial charge in [0, 0.05) is 24.7 Å². The summed E-state index contributed by atoms with van der Waals surface area (Å²) in [5.74, 6) is 0. The number of rotatable bonds is 3. The molecule has 2 heterocycles. The molecule has 0 fully saturated rings. The standard InChI is InChI=1S/C10H12N.C9H9N.C8H10O3S.C7H8O3S/c1-11-7-6-9-4-2-3-5-10(9)8-11;1-2-4-9-7-10-6-5-8(9)3-1;1-7-3-5-8(6-4-7)12(9,10)11-2;1-6-2-4-7(5-3-6)11(8,9)10/h2-5,8H,6-7H2,1H3;1-4,7H,5-6H2;3-6H,1-2H3;2-5H,1H3,(H,8,9,10)/q+1;;;. The fourth-order valence-electron chi connectivity index (χ4n) is 4.23. The molecule has 2 aliphatic heterocycles. The van der Waals surface area contributed by atoms with E-state index < -0.39 is 20.2 Å². The van der Waals surface area contributed by atoms with E-state index in [-0.39, 0.29) is 9.79 Å². The Bertz CT molecular complexity index is 1800. The van der Waals surface area contributed by atoms with Gasteiger partial charge in [-0.3, -0.25) is 13.7 Å². The zero-order chi connectivity index (χ0) is 32.2. The summed E-state index contributed by atoms with van der Waals surface area (Å²) < 4.78 is 58.3. The first kappa shape index (κ1) is 34.5. The molecule has 6 rings (SSSR count). The molecule has 0 atom stereocenters. The number of benzene rings is 4. The molecule has 0 aliphatic carbocycles. The van der Waals surface area contributed by atoms with Gasteiger partial charge in [0.25, 0.3) is 20.2 Å². The summed E-state index contributed by atoms with van der Waals surface area (Å²) in [6.07, 6.45) is 6.45. The molecule has 0 radical (unpaired) electrons. The van der Waals surface area contributed by atoms with E-state index in [4.69, 9.17) is 4.55 Å². The maximum Gasteiger partial charge on any atom is 0.296 e. The molecule has 0 unspecified atom stereocenters. The maximum absolute atomic E-state index is 11.1. The van der Waals surface area contributed by atoms with Crippen molar-refractivity contribution in [3.8, 4) is 0 Å². The number of aliphatic imine (C=N–C) groups is 1. The van der Waals surface area contributed by atoms with Gasteiger partial charge in [-0.15, -0.1) is 0 Å². The van der Waals surface area contributed by atoms with Gasteiger partial charge in [0.2, 0.25) is 0 Å². The van der Waals surface area contributed by atoms with Crippen LogP contribution in [0.25, 0.3) is 0 Å². The van der Waals surface area contributed by atoms with Gasteiger partial charge >= 0.3 is 0 Å². The fraction of sp³-hybridized carbons (Fsp3) is 0.235. The predicted octanol–water partition coefficient (Wildman–Crippen LogP) is 5.54. The molecule has 44 heavy (non-hydrogen) atoms. The number of likely N-dealkylation sites (N-methyl/N-ethyl adjacent to an activating group) is 1. The molecule has 4 aromatic carbocycles. The zero-order valence-electron chi connectivity index (χ0n) is 25.4. The molecule has 0 saturated heterocycles. The second-order valence-electron chi connectivity index (χ2n) is 10.3. The molecule has 8 nitrogen and oxygen atoms in total. The van der Waals surface area contributed by atoms with Gasteiger partial charge in [-0.05, 0) is 67.3 Å². The second-order valence-corrected chi connectivity index (χ2v) is 13.4. The lowest BCUT2D eigenvalue weighted by atomic mass is 10.0. The van der Waals surface area contributed by atoms with Gasteiger partial charge in [0.15, 0.2) is 6.21 Å². The molecule has 4 aromatic rings. The minimum atomic E-state index is -4.02. The largest absolute Gasteiger partial charge is 0.296 e. The van der Waals surface area contributed by atoms with Crippen LogP contribution in [0.2, 0.25) is 0 Å². The highest BCUT2D eigenvalue weighted by Crippen LogP contribution is 2.13. The van der Waals surface area contributed by atoms with Gasteiger partial charge in [0.05, 0.1) is 16.9 Å². The summed E-state index contributed by atoms with van der Waals surface area (Å²) in [4.78, 5) is 4.32. The van der Waals surface area contributed by atoms with Gasteiger partial charge in [-0.2, -0.15) is 16.8 Å². The van der Waals surface area contributed by atoms with Crippen molar-refractivity contribution >= 4 is 32.7 Å². The first-order chi connectivity index (χ1) is 20.9. The normalized spacial score (nSPS) is 13.2. The third-order valence-electron chi connectivity index (χ3n) is 6.79. The molecule has 0 saturated carbocycles. The minimum Gasteiger partial charge on any atom is -0.292 e. The van der Waals surface area contributed by atoms with Crippen LogP contribution >= 0.6 is 0 Å². The highest BCUT2D eigenvalue weighted by Gasteiger charge is 2.12. The number of hydrogen-bond acceptors (Lipinski definition) is 6. The summed E-state index contributed by atoms with van der Waals surface area (Å²) >= 11 is 0. The topological polar surface area (TPSA) is 113 Å². The first-order valence-electron chi connectivity index (χ1n) is 14.0. The van der Waals surface area contributed by atoms with Crippen molar-refractivity contribution in [2.75, 3.05) is 27.2 Å². The van der Waals surface area contributed by atoms with E-state index in [1.165, 1.54) is 52.9 Å². The van der Waals surface area contributed by atoms with E-state index >= 15 is 0 Å². The van der Waals surface area contributed by atoms with Crippen molar-refractivity contribution in [1.29, 1.82) is 0 Å². The second kappa shape index (κ2) is 16.2. The number of hydrogen-bond donors (Lipinski definition) is 1. The Labute approximate surface area is 261 Å². The third-order valence-corrected chi connectivity index (χ3v) is 8.95. The van der Waals surface area contributed by atoms with E-state index in [0.717, 1.165) is 37.7 Å². The van der Waals surface area contributed by atoms with E-state index in [1.54, 1.807) is 24.3 Å². The molecule has 2 aliphatic rings. The van der Waals surface area contributed by atoms with Crippen LogP contribution in [0.3, 0.4) is 0 Å². The van der Waals surface area contributed by atoms with Crippen molar-refractivity contribution in [2.24, 2.45) is 4.99 Å². The Hall–Kier alpha value is -3.96. The summed E-state index contributed by atoms with van der Waals surface area (Å²) in [5.41, 5.74) is 7.54. The average Bonchev–Trinajstić information content (AvgIpc) is 3.02. The number of fused-ring (bicyclic) bond motifs is 2. The highest BCUT2D eigenvalue weighted by molar-refractivity contribution is 7.86. The Morgan fingerprint density at radius 2 is 1.20 bits per heavy atom. The lowest BCUT2D eigenvalue weighted by Gasteiger charge is -2.08. The zero-order valence-corrected chi connectivity index (χ0v) is 27.1. The molecule has 0 amide bonds. The lowest BCUT2D eigenvalue weighted by molar-refractivity contribution is -0.493. The van der Waals surface area contributed by atoms with Crippen molar-refractivity contribution in [2.45, 2.75) is 36.5 Å². The van der Waals surface area contributed by atoms with Gasteiger partial charge in [-0.25, -0.2) is 4.58 Å². The SMILES string of the molecule is C1=NCCc2ccccc21.COS(=O)(=O)c1ccc(C)cc1.C[N+]1=Cc2ccccc2CC1.Cc1ccc(S(=O)(=O)O)cc1. The fourth-order valence-corrected chi connectivity index (χ4v) is 5.38. The van der Waals surface area contributed by atoms with Crippen molar-refractivity contribution in [1.82, 2.24) is 0 Å². The lowest BCUT2D eigenvalue weighted by Crippen LogP contribution is -2.18. The van der Waals surface area contributed by atoms with Crippen LogP contribution in [0.15, 0.2) is 112 Å². The molecule has 0 spiro atoms. The minimum absolute atomic E-state index is 0.0666. The maximum atomic E-state index is 11.1. The third kappa shape index (κ3) is 10.9. The van der Waals surface area contributed by atoms with E-state index in [2.05, 4.69) is 75.5 Å². The molecular formula is C34H39N2O6S2+. The van der Waals surface area contributed by atoms with Crippen LogP contribution in [0.5, 0.6) is 0 Å². The van der Waals surface area contributed by atoms with Crippen LogP contribution in [0.4, 0.5) is 0 Å².